The summed E-state index contributed by atoms with van der Waals surface area (Å²) in [7, 11) is 0. The van der Waals surface area contributed by atoms with Crippen molar-refractivity contribution in [2.24, 2.45) is 11.5 Å². The Balaban J connectivity index is 2.76. The number of carbonyl (C=O) groups excluding carboxylic acids is 3. The van der Waals surface area contributed by atoms with Gasteiger partial charge in [-0.25, -0.2) is 9.59 Å². The van der Waals surface area contributed by atoms with Crippen LogP contribution in [-0.2, 0) is 23.9 Å². The van der Waals surface area contributed by atoms with Crippen molar-refractivity contribution in [3.05, 3.63) is 11.5 Å². The van der Waals surface area contributed by atoms with Crippen molar-refractivity contribution >= 4 is 17.8 Å². The van der Waals surface area contributed by atoms with Gasteiger partial charge in [0.2, 0.25) is 17.4 Å². The van der Waals surface area contributed by atoms with Crippen LogP contribution in [0.1, 0.15) is 12.8 Å². The molecule has 0 saturated carbocycles. The lowest BCUT2D eigenvalue weighted by Crippen LogP contribution is -2.37. The summed E-state index contributed by atoms with van der Waals surface area (Å²) in [6.07, 6.45) is -3.35. The summed E-state index contributed by atoms with van der Waals surface area (Å²) < 4.78 is 9.27. The van der Waals surface area contributed by atoms with Crippen LogP contribution in [0.5, 0.6) is 0 Å². The average molecular weight is 304 g/mol. The number of primary amides is 1. The van der Waals surface area contributed by atoms with E-state index in [-0.39, 0.29) is 12.8 Å². The lowest BCUT2D eigenvalue weighted by atomic mass is 10.1. The Morgan fingerprint density at radius 1 is 1.43 bits per heavy atom. The first kappa shape index (κ1) is 16.9. The molecule has 0 radical (unpaired) electrons. The zero-order valence-corrected chi connectivity index (χ0v) is 10.9. The summed E-state index contributed by atoms with van der Waals surface area (Å²) in [5.74, 6) is -4.55. The third-order valence-corrected chi connectivity index (χ3v) is 2.67. The Morgan fingerprint density at radius 2 is 2.05 bits per heavy atom. The minimum absolute atomic E-state index is 0.0930. The van der Waals surface area contributed by atoms with E-state index in [0.717, 1.165) is 0 Å². The molecule has 0 spiro atoms. The van der Waals surface area contributed by atoms with Gasteiger partial charge < -0.3 is 36.3 Å². The first-order chi connectivity index (χ1) is 9.77. The fraction of sp³-hybridized carbons (Fsp3) is 0.545. The predicted molar refractivity (Wildman–Crippen MR) is 65.1 cm³/mol. The van der Waals surface area contributed by atoms with Crippen molar-refractivity contribution in [2.75, 3.05) is 6.61 Å². The van der Waals surface area contributed by atoms with Crippen molar-refractivity contribution in [1.29, 1.82) is 0 Å². The molecular formula is C11H16N2O8. The van der Waals surface area contributed by atoms with Crippen LogP contribution in [0.3, 0.4) is 0 Å². The van der Waals surface area contributed by atoms with E-state index in [0.29, 0.717) is 0 Å². The minimum atomic E-state index is -1.58. The molecule has 0 aliphatic carbocycles. The Bertz CT molecular complexity index is 475. The number of ether oxygens (including phenoxy) is 2. The second-order valence-corrected chi connectivity index (χ2v) is 4.32. The SMILES string of the molecule is NC(=O)CC[C@H](N)C(=O)OC1=C(O)C(=O)O[C@@H]1[C@@H](O)CO. The van der Waals surface area contributed by atoms with Gasteiger partial charge in [-0.05, 0) is 6.42 Å². The molecule has 1 aliphatic rings. The number of aliphatic hydroxyl groups is 3. The van der Waals surface area contributed by atoms with Crippen LogP contribution in [0.15, 0.2) is 11.5 Å². The third kappa shape index (κ3) is 4.15. The topological polar surface area (TPSA) is 182 Å². The molecule has 1 heterocycles. The number of hydrogen-bond donors (Lipinski definition) is 5. The number of aliphatic hydroxyl groups excluding tert-OH is 3. The highest BCUT2D eigenvalue weighted by Gasteiger charge is 2.42. The van der Waals surface area contributed by atoms with Crippen molar-refractivity contribution in [1.82, 2.24) is 0 Å². The second-order valence-electron chi connectivity index (χ2n) is 4.32. The molecule has 0 aromatic rings. The van der Waals surface area contributed by atoms with Crippen LogP contribution in [0.25, 0.3) is 0 Å². The lowest BCUT2D eigenvalue weighted by Gasteiger charge is -2.18. The van der Waals surface area contributed by atoms with Crippen LogP contribution in [0.4, 0.5) is 0 Å². The minimum Gasteiger partial charge on any atom is -0.499 e. The zero-order valence-electron chi connectivity index (χ0n) is 10.9. The number of rotatable bonds is 7. The smallest absolute Gasteiger partial charge is 0.378 e. The number of cyclic esters (lactones) is 1. The molecule has 0 aromatic heterocycles. The van der Waals surface area contributed by atoms with E-state index >= 15 is 0 Å². The van der Waals surface area contributed by atoms with Crippen molar-refractivity contribution in [3.8, 4) is 0 Å². The molecule has 21 heavy (non-hydrogen) atoms. The molecule has 3 atom stereocenters. The monoisotopic (exact) mass is 304 g/mol. The first-order valence-corrected chi connectivity index (χ1v) is 5.96. The number of carbonyl (C=O) groups is 3. The van der Waals surface area contributed by atoms with Gasteiger partial charge in [0.25, 0.3) is 0 Å². The molecule has 1 rings (SSSR count). The average Bonchev–Trinajstić information content (AvgIpc) is 2.71. The fourth-order valence-electron chi connectivity index (χ4n) is 1.52. The van der Waals surface area contributed by atoms with E-state index in [1.807, 2.05) is 0 Å². The maximum Gasteiger partial charge on any atom is 0.378 e. The highest BCUT2D eigenvalue weighted by molar-refractivity contribution is 5.90. The molecule has 1 aliphatic heterocycles. The Labute approximate surface area is 118 Å². The number of amides is 1. The molecule has 118 valence electrons. The van der Waals surface area contributed by atoms with Gasteiger partial charge in [0.15, 0.2) is 6.10 Å². The van der Waals surface area contributed by atoms with E-state index in [9.17, 15) is 24.6 Å². The molecule has 0 aromatic carbocycles. The van der Waals surface area contributed by atoms with E-state index in [1.54, 1.807) is 0 Å². The Hall–Kier alpha value is -2.17. The van der Waals surface area contributed by atoms with Crippen LogP contribution >= 0.6 is 0 Å². The maximum atomic E-state index is 11.7. The van der Waals surface area contributed by atoms with Gasteiger partial charge in [0, 0.05) is 6.42 Å². The van der Waals surface area contributed by atoms with E-state index in [4.69, 9.17) is 21.3 Å². The number of nitrogens with two attached hydrogens (primary N) is 2. The van der Waals surface area contributed by atoms with E-state index < -0.39 is 54.2 Å². The highest BCUT2D eigenvalue weighted by atomic mass is 16.6. The summed E-state index contributed by atoms with van der Waals surface area (Å²) >= 11 is 0. The van der Waals surface area contributed by atoms with Crippen molar-refractivity contribution in [2.45, 2.75) is 31.1 Å². The quantitative estimate of drug-likeness (QED) is 0.309. The van der Waals surface area contributed by atoms with Crippen molar-refractivity contribution < 1.29 is 39.2 Å². The molecule has 7 N–H and O–H groups in total. The zero-order chi connectivity index (χ0) is 16.2. The molecule has 0 fully saturated rings. The second kappa shape index (κ2) is 7.02. The van der Waals surface area contributed by atoms with Gasteiger partial charge in [0.1, 0.15) is 12.1 Å². The van der Waals surface area contributed by atoms with Gasteiger partial charge in [-0.2, -0.15) is 0 Å². The van der Waals surface area contributed by atoms with Gasteiger partial charge >= 0.3 is 11.9 Å². The Morgan fingerprint density at radius 3 is 2.57 bits per heavy atom. The molecule has 10 heteroatoms. The molecule has 0 unspecified atom stereocenters. The molecule has 0 bridgehead atoms. The van der Waals surface area contributed by atoms with Gasteiger partial charge in [-0.1, -0.05) is 0 Å². The summed E-state index contributed by atoms with van der Waals surface area (Å²) in [6.45, 7) is -0.792. The standard InChI is InChI=1S/C11H16N2O8/c12-4(1-2-6(13)16)10(18)21-9-7(17)11(19)20-8(9)5(15)3-14/h4-5,8,14-15,17H,1-3,12H2,(H2,13,16)/t4-,5-,8+/m0/s1. The van der Waals surface area contributed by atoms with Gasteiger partial charge in [0.05, 0.1) is 6.61 Å². The predicted octanol–water partition coefficient (Wildman–Crippen LogP) is -2.83. The lowest BCUT2D eigenvalue weighted by molar-refractivity contribution is -0.152. The molecule has 10 nitrogen and oxygen atoms in total. The number of esters is 2. The maximum absolute atomic E-state index is 11.7. The number of hydrogen-bond acceptors (Lipinski definition) is 9. The van der Waals surface area contributed by atoms with Crippen LogP contribution < -0.4 is 11.5 Å². The van der Waals surface area contributed by atoms with Gasteiger partial charge in [-0.15, -0.1) is 0 Å². The normalized spacial score (nSPS) is 20.9. The Kier molecular flexibility index (Phi) is 5.64. The summed E-state index contributed by atoms with van der Waals surface area (Å²) in [5.41, 5.74) is 10.4. The summed E-state index contributed by atoms with van der Waals surface area (Å²) in [6, 6.07) is -1.22. The van der Waals surface area contributed by atoms with Crippen LogP contribution in [-0.4, -0.2) is 58.0 Å². The largest absolute Gasteiger partial charge is 0.499 e. The molecule has 0 saturated heterocycles. The van der Waals surface area contributed by atoms with Crippen molar-refractivity contribution in [3.63, 3.8) is 0 Å². The fourth-order valence-corrected chi connectivity index (χ4v) is 1.52. The van der Waals surface area contributed by atoms with E-state index in [1.165, 1.54) is 0 Å². The third-order valence-electron chi connectivity index (χ3n) is 2.67. The summed E-state index contributed by atoms with van der Waals surface area (Å²) in [5, 5.41) is 27.7. The van der Waals surface area contributed by atoms with Gasteiger partial charge in [-0.3, -0.25) is 4.79 Å². The van der Waals surface area contributed by atoms with E-state index in [2.05, 4.69) is 4.74 Å². The molecular weight excluding hydrogens is 288 g/mol. The van der Waals surface area contributed by atoms with Crippen LogP contribution in [0, 0.1) is 0 Å². The first-order valence-electron chi connectivity index (χ1n) is 5.96. The molecule has 1 amide bonds. The summed E-state index contributed by atoms with van der Waals surface area (Å²) in [4.78, 5) is 33.4. The van der Waals surface area contributed by atoms with Crippen LogP contribution in [0.2, 0.25) is 0 Å². The highest BCUT2D eigenvalue weighted by Crippen LogP contribution is 2.25.